The van der Waals surface area contributed by atoms with Crippen molar-refractivity contribution in [2.45, 2.75) is 0 Å². The first-order valence-electron chi connectivity index (χ1n) is 7.41. The number of nitrogens with zero attached hydrogens (tertiary/aromatic N) is 3. The second-order valence-corrected chi connectivity index (χ2v) is 5.83. The summed E-state index contributed by atoms with van der Waals surface area (Å²) in [5, 5.41) is 4.39. The molecule has 0 fully saturated rings. The number of benzene rings is 1. The summed E-state index contributed by atoms with van der Waals surface area (Å²) in [5.41, 5.74) is 5.11. The van der Waals surface area contributed by atoms with Crippen LogP contribution < -0.4 is 0 Å². The van der Waals surface area contributed by atoms with E-state index in [-0.39, 0.29) is 5.65 Å². The molecule has 122 valence electrons. The molecule has 0 radical (unpaired) electrons. The number of pyridine rings is 1. The zero-order valence-electron chi connectivity index (χ0n) is 12.7. The second kappa shape index (κ2) is 6.13. The molecule has 3 nitrogen and oxygen atoms in total. The molecule has 6 heteroatoms. The fraction of sp³-hybridized carbons (Fsp3) is 0. The lowest BCUT2D eigenvalue weighted by Gasteiger charge is -2.11. The number of hydrogen-bond donors (Lipinski definition) is 0. The van der Waals surface area contributed by atoms with Crippen molar-refractivity contribution in [3.63, 3.8) is 0 Å². The van der Waals surface area contributed by atoms with Gasteiger partial charge in [-0.05, 0) is 42.0 Å². The van der Waals surface area contributed by atoms with Gasteiger partial charge in [0.25, 0.3) is 0 Å². The molecule has 2 heterocycles. The molecule has 0 N–H and O–H groups in total. The van der Waals surface area contributed by atoms with Crippen molar-refractivity contribution < 1.29 is 8.78 Å². The van der Waals surface area contributed by atoms with Crippen LogP contribution >= 0.6 is 11.6 Å². The van der Waals surface area contributed by atoms with Gasteiger partial charge in [0.05, 0.1) is 0 Å². The minimum atomic E-state index is -0.511. The van der Waals surface area contributed by atoms with Crippen LogP contribution in [0.15, 0.2) is 66.8 Å². The van der Waals surface area contributed by atoms with E-state index in [0.717, 1.165) is 0 Å². The van der Waals surface area contributed by atoms with Gasteiger partial charge >= 0.3 is 0 Å². The van der Waals surface area contributed by atoms with E-state index >= 15 is 0 Å². The second-order valence-electron chi connectivity index (χ2n) is 5.39. The summed E-state index contributed by atoms with van der Waals surface area (Å²) in [6.45, 7) is 0. The van der Waals surface area contributed by atoms with Crippen LogP contribution in [0.4, 0.5) is 8.78 Å². The van der Waals surface area contributed by atoms with Crippen molar-refractivity contribution in [1.29, 1.82) is 0 Å². The smallest absolute Gasteiger partial charge is 0.191 e. The van der Waals surface area contributed by atoms with Crippen molar-refractivity contribution in [2.75, 3.05) is 0 Å². The molecule has 0 saturated heterocycles. The van der Waals surface area contributed by atoms with Crippen molar-refractivity contribution in [1.82, 2.24) is 14.6 Å². The van der Waals surface area contributed by atoms with Gasteiger partial charge in [0.15, 0.2) is 11.5 Å². The van der Waals surface area contributed by atoms with Crippen LogP contribution in [0.2, 0.25) is 5.02 Å². The van der Waals surface area contributed by atoms with Gasteiger partial charge in [-0.15, -0.1) is 5.73 Å². The number of allylic oxidation sites excluding steroid dienone is 5. The number of hydrogen-bond acceptors (Lipinski definition) is 2. The standard InChI is InChI=1S/C19H10ClF2N3/c20-13-6-7-17(21)16(9-13)15-5-3-1-2-4-14(15)12-8-18(22)19-23-11-24-25(19)10-12/h1-2,4-11H. The molecule has 1 aliphatic rings. The Kier molecular flexibility index (Phi) is 3.80. The maximum atomic E-state index is 14.4. The molecule has 4 rings (SSSR count). The normalized spacial score (nSPS) is 13.7. The van der Waals surface area contributed by atoms with Gasteiger partial charge in [-0.25, -0.2) is 18.3 Å². The molecule has 0 bridgehead atoms. The Labute approximate surface area is 146 Å². The summed E-state index contributed by atoms with van der Waals surface area (Å²) in [6, 6.07) is 5.67. The van der Waals surface area contributed by atoms with E-state index < -0.39 is 11.6 Å². The quantitative estimate of drug-likeness (QED) is 0.616. The number of rotatable bonds is 2. The van der Waals surface area contributed by atoms with Gasteiger partial charge in [0.1, 0.15) is 12.1 Å². The highest BCUT2D eigenvalue weighted by atomic mass is 35.5. The van der Waals surface area contributed by atoms with E-state index in [1.807, 2.05) is 0 Å². The summed E-state index contributed by atoms with van der Waals surface area (Å²) in [7, 11) is 0. The predicted molar refractivity (Wildman–Crippen MR) is 93.0 cm³/mol. The van der Waals surface area contributed by atoms with E-state index in [1.54, 1.807) is 30.5 Å². The van der Waals surface area contributed by atoms with Crippen LogP contribution in [-0.4, -0.2) is 14.6 Å². The van der Waals surface area contributed by atoms with Crippen LogP contribution in [0, 0.1) is 11.6 Å². The molecule has 0 spiro atoms. The third-order valence-corrected chi connectivity index (χ3v) is 4.07. The Morgan fingerprint density at radius 1 is 1.08 bits per heavy atom. The molecule has 0 atom stereocenters. The van der Waals surface area contributed by atoms with Crippen molar-refractivity contribution in [3.05, 3.63) is 94.6 Å². The summed E-state index contributed by atoms with van der Waals surface area (Å²) in [4.78, 5) is 3.86. The minimum absolute atomic E-state index is 0.131. The Morgan fingerprint density at radius 2 is 1.96 bits per heavy atom. The average molecular weight is 354 g/mol. The Morgan fingerprint density at radius 3 is 2.84 bits per heavy atom. The minimum Gasteiger partial charge on any atom is -0.218 e. The topological polar surface area (TPSA) is 30.2 Å². The van der Waals surface area contributed by atoms with Crippen LogP contribution in [0.3, 0.4) is 0 Å². The van der Waals surface area contributed by atoms with E-state index in [2.05, 4.69) is 15.8 Å². The van der Waals surface area contributed by atoms with Crippen LogP contribution in [0.5, 0.6) is 0 Å². The third-order valence-electron chi connectivity index (χ3n) is 3.83. The van der Waals surface area contributed by atoms with Gasteiger partial charge in [-0.2, -0.15) is 5.10 Å². The SMILES string of the molecule is Fc1ccc(Cl)cc1C1=C(c2cc(F)c3ncnn3c2)C=CC=C=C1. The van der Waals surface area contributed by atoms with Crippen molar-refractivity contribution in [2.24, 2.45) is 0 Å². The van der Waals surface area contributed by atoms with Gasteiger partial charge in [0.2, 0.25) is 0 Å². The molecule has 0 aliphatic heterocycles. The fourth-order valence-electron chi connectivity index (χ4n) is 2.71. The zero-order valence-corrected chi connectivity index (χ0v) is 13.5. The number of halogens is 3. The van der Waals surface area contributed by atoms with E-state index in [9.17, 15) is 8.78 Å². The molecule has 0 amide bonds. The van der Waals surface area contributed by atoms with E-state index in [0.29, 0.717) is 27.3 Å². The van der Waals surface area contributed by atoms with Crippen LogP contribution in [-0.2, 0) is 0 Å². The molecular weight excluding hydrogens is 344 g/mol. The van der Waals surface area contributed by atoms with Crippen molar-refractivity contribution >= 4 is 28.4 Å². The highest BCUT2D eigenvalue weighted by Gasteiger charge is 2.15. The van der Waals surface area contributed by atoms with Gasteiger partial charge in [-0.3, -0.25) is 0 Å². The maximum absolute atomic E-state index is 14.4. The first kappa shape index (κ1) is 15.5. The predicted octanol–water partition coefficient (Wildman–Crippen LogP) is 4.85. The first-order chi connectivity index (χ1) is 12.1. The summed E-state index contributed by atoms with van der Waals surface area (Å²) >= 11 is 6.03. The Hall–Kier alpha value is -3.01. The lowest BCUT2D eigenvalue weighted by Crippen LogP contribution is -1.97. The van der Waals surface area contributed by atoms with E-state index in [4.69, 9.17) is 11.6 Å². The molecule has 2 aromatic heterocycles. The molecule has 1 aromatic carbocycles. The Balaban J connectivity index is 2.01. The lowest BCUT2D eigenvalue weighted by atomic mass is 9.95. The number of fused-ring (bicyclic) bond motifs is 1. The first-order valence-corrected chi connectivity index (χ1v) is 7.79. The molecule has 1 aliphatic carbocycles. The highest BCUT2D eigenvalue weighted by Crippen LogP contribution is 2.33. The average Bonchev–Trinajstić information content (AvgIpc) is 2.94. The highest BCUT2D eigenvalue weighted by molar-refractivity contribution is 6.30. The van der Waals surface area contributed by atoms with E-state index in [1.165, 1.54) is 35.1 Å². The molecule has 0 saturated carbocycles. The third kappa shape index (κ3) is 2.80. The van der Waals surface area contributed by atoms with Gasteiger partial charge in [-0.1, -0.05) is 23.8 Å². The van der Waals surface area contributed by atoms with Crippen LogP contribution in [0.25, 0.3) is 16.8 Å². The Bertz CT molecular complexity index is 1120. The summed E-state index contributed by atoms with van der Waals surface area (Å²) in [6.07, 6.45) is 9.78. The molecular formula is C19H10ClF2N3. The summed E-state index contributed by atoms with van der Waals surface area (Å²) < 4.78 is 30.0. The van der Waals surface area contributed by atoms with Crippen LogP contribution in [0.1, 0.15) is 11.1 Å². The van der Waals surface area contributed by atoms with Gasteiger partial charge < -0.3 is 0 Å². The lowest BCUT2D eigenvalue weighted by molar-refractivity contribution is 0.624. The van der Waals surface area contributed by atoms with Crippen molar-refractivity contribution in [3.8, 4) is 0 Å². The summed E-state index contributed by atoms with van der Waals surface area (Å²) in [5.74, 6) is -0.935. The molecule has 3 aromatic rings. The largest absolute Gasteiger partial charge is 0.218 e. The monoisotopic (exact) mass is 353 g/mol. The fourth-order valence-corrected chi connectivity index (χ4v) is 2.88. The van der Waals surface area contributed by atoms with Gasteiger partial charge in [0, 0.05) is 27.9 Å². The zero-order chi connectivity index (χ0) is 17.4. The molecule has 0 unspecified atom stereocenters. The number of aromatic nitrogens is 3. The maximum Gasteiger partial charge on any atom is 0.191 e. The molecule has 25 heavy (non-hydrogen) atoms.